The minimum Gasteiger partial charge on any atom is -0.512 e. The number of anilines is 1. The number of hydrogen-bond acceptors (Lipinski definition) is 4. The van der Waals surface area contributed by atoms with Gasteiger partial charge >= 0.3 is 7.32 Å². The predicted octanol–water partition coefficient (Wildman–Crippen LogP) is -0.397. The van der Waals surface area contributed by atoms with Crippen LogP contribution in [0.3, 0.4) is 0 Å². The predicted molar refractivity (Wildman–Crippen MR) is 46.9 cm³/mol. The van der Waals surface area contributed by atoms with E-state index in [1.54, 1.807) is 12.1 Å². The average molecular weight is 181 g/mol. The van der Waals surface area contributed by atoms with Crippen molar-refractivity contribution in [2.75, 3.05) is 5.32 Å². The van der Waals surface area contributed by atoms with Crippen LogP contribution in [0.15, 0.2) is 24.3 Å². The van der Waals surface area contributed by atoms with Crippen LogP contribution in [-0.2, 0) is 4.79 Å². The maximum atomic E-state index is 10.1. The zero-order chi connectivity index (χ0) is 9.68. The van der Waals surface area contributed by atoms with Gasteiger partial charge in [0.25, 0.3) is 0 Å². The van der Waals surface area contributed by atoms with E-state index in [2.05, 4.69) is 9.97 Å². The number of amides is 1. The largest absolute Gasteiger partial charge is 0.707 e. The Hall–Kier alpha value is -1.53. The second-order valence-electron chi connectivity index (χ2n) is 2.23. The molecule has 1 aromatic carbocycles. The quantitative estimate of drug-likeness (QED) is 0.436. The van der Waals surface area contributed by atoms with Gasteiger partial charge in [0, 0.05) is 11.8 Å². The topological polar surface area (TPSA) is 78.8 Å². The SMILES string of the molecule is O=CNc1cccc(OB(O)O)c1. The van der Waals surface area contributed by atoms with E-state index >= 15 is 0 Å². The molecule has 0 fully saturated rings. The van der Waals surface area contributed by atoms with Crippen molar-refractivity contribution in [2.24, 2.45) is 0 Å². The lowest BCUT2D eigenvalue weighted by molar-refractivity contribution is -0.105. The first-order valence-electron chi connectivity index (χ1n) is 3.55. The second kappa shape index (κ2) is 4.49. The highest BCUT2D eigenvalue weighted by molar-refractivity contribution is 6.33. The van der Waals surface area contributed by atoms with Crippen molar-refractivity contribution < 1.29 is 19.5 Å². The molecule has 0 heterocycles. The van der Waals surface area contributed by atoms with E-state index in [4.69, 9.17) is 10.0 Å². The molecule has 6 heteroatoms. The molecule has 1 aromatic rings. The Morgan fingerprint density at radius 1 is 1.46 bits per heavy atom. The molecule has 13 heavy (non-hydrogen) atoms. The Morgan fingerprint density at radius 2 is 2.23 bits per heavy atom. The maximum Gasteiger partial charge on any atom is 0.707 e. The van der Waals surface area contributed by atoms with Crippen LogP contribution in [0.5, 0.6) is 5.75 Å². The van der Waals surface area contributed by atoms with Gasteiger partial charge in [-0.3, -0.25) is 4.79 Å². The highest BCUT2D eigenvalue weighted by atomic mass is 16.6. The minimum atomic E-state index is -1.86. The van der Waals surface area contributed by atoms with E-state index in [1.807, 2.05) is 0 Å². The lowest BCUT2D eigenvalue weighted by Crippen LogP contribution is -2.20. The molecule has 0 saturated carbocycles. The Kier molecular flexibility index (Phi) is 3.30. The zero-order valence-electron chi connectivity index (χ0n) is 6.68. The molecule has 0 radical (unpaired) electrons. The van der Waals surface area contributed by atoms with E-state index in [-0.39, 0.29) is 5.75 Å². The highest BCUT2D eigenvalue weighted by Crippen LogP contribution is 2.16. The number of nitrogens with one attached hydrogen (secondary N) is 1. The molecule has 0 atom stereocenters. The van der Waals surface area contributed by atoms with E-state index in [0.717, 1.165) is 0 Å². The van der Waals surface area contributed by atoms with Gasteiger partial charge in [-0.05, 0) is 12.1 Å². The van der Waals surface area contributed by atoms with E-state index in [1.165, 1.54) is 12.1 Å². The number of carbonyl (C=O) groups excluding carboxylic acids is 1. The summed E-state index contributed by atoms with van der Waals surface area (Å²) in [7, 11) is -1.86. The molecule has 0 aliphatic heterocycles. The summed E-state index contributed by atoms with van der Waals surface area (Å²) in [4.78, 5) is 10.1. The van der Waals surface area contributed by atoms with Crippen molar-refractivity contribution >= 4 is 19.4 Å². The van der Waals surface area contributed by atoms with Gasteiger partial charge in [0.15, 0.2) is 0 Å². The second-order valence-corrected chi connectivity index (χ2v) is 2.23. The van der Waals surface area contributed by atoms with E-state index in [0.29, 0.717) is 12.1 Å². The van der Waals surface area contributed by atoms with Crippen LogP contribution >= 0.6 is 0 Å². The van der Waals surface area contributed by atoms with Crippen molar-refractivity contribution in [1.29, 1.82) is 0 Å². The first-order valence-corrected chi connectivity index (χ1v) is 3.55. The Balaban J connectivity index is 2.72. The Morgan fingerprint density at radius 3 is 2.85 bits per heavy atom. The summed E-state index contributed by atoms with van der Waals surface area (Å²) in [6, 6.07) is 6.26. The maximum absolute atomic E-state index is 10.1. The molecule has 5 nitrogen and oxygen atoms in total. The molecule has 0 aliphatic carbocycles. The van der Waals surface area contributed by atoms with Crippen LogP contribution in [0.25, 0.3) is 0 Å². The van der Waals surface area contributed by atoms with Gasteiger partial charge in [-0.15, -0.1) is 0 Å². The Bertz CT molecular complexity index is 292. The molecular formula is C7H8BNO4. The van der Waals surface area contributed by atoms with Crippen LogP contribution < -0.4 is 9.97 Å². The summed E-state index contributed by atoms with van der Waals surface area (Å²) in [5.41, 5.74) is 0.521. The molecule has 3 N–H and O–H groups in total. The van der Waals surface area contributed by atoms with E-state index < -0.39 is 7.32 Å². The lowest BCUT2D eigenvalue weighted by Gasteiger charge is -2.05. The summed E-state index contributed by atoms with van der Waals surface area (Å²) >= 11 is 0. The zero-order valence-corrected chi connectivity index (χ0v) is 6.68. The van der Waals surface area contributed by atoms with Crippen molar-refractivity contribution in [3.8, 4) is 5.75 Å². The molecule has 0 saturated heterocycles. The summed E-state index contributed by atoms with van der Waals surface area (Å²) in [5, 5.41) is 19.3. The third-order valence-corrected chi connectivity index (χ3v) is 1.30. The first-order chi connectivity index (χ1) is 6.22. The fraction of sp³-hybridized carbons (Fsp3) is 0. The summed E-state index contributed by atoms with van der Waals surface area (Å²) in [6.45, 7) is 0. The molecule has 0 aromatic heterocycles. The van der Waals surface area contributed by atoms with E-state index in [9.17, 15) is 4.79 Å². The van der Waals surface area contributed by atoms with Crippen molar-refractivity contribution in [1.82, 2.24) is 0 Å². The molecule has 1 amide bonds. The van der Waals surface area contributed by atoms with Crippen LogP contribution in [-0.4, -0.2) is 23.8 Å². The molecule has 68 valence electrons. The Labute approximate surface area is 75.1 Å². The molecule has 1 rings (SSSR count). The minimum absolute atomic E-state index is 0.266. The standard InChI is InChI=1S/C7H8BNO4/c10-5-9-6-2-1-3-7(4-6)13-8(11)12/h1-5,11-12H,(H,9,10). The van der Waals surface area contributed by atoms with Gasteiger partial charge in [0.1, 0.15) is 5.75 Å². The lowest BCUT2D eigenvalue weighted by atomic mass is 10.2. The number of carbonyl (C=O) groups is 1. The highest BCUT2D eigenvalue weighted by Gasteiger charge is 2.10. The van der Waals surface area contributed by atoms with Crippen LogP contribution in [0.1, 0.15) is 0 Å². The summed E-state index contributed by atoms with van der Waals surface area (Å²) in [6.07, 6.45) is 0.522. The van der Waals surface area contributed by atoms with Gasteiger partial charge in [-0.25, -0.2) is 0 Å². The van der Waals surface area contributed by atoms with Crippen LogP contribution in [0.4, 0.5) is 5.69 Å². The number of hydrogen-bond donors (Lipinski definition) is 3. The molecular weight excluding hydrogens is 173 g/mol. The molecule has 0 aliphatic rings. The fourth-order valence-corrected chi connectivity index (χ4v) is 0.849. The smallest absolute Gasteiger partial charge is 0.512 e. The monoisotopic (exact) mass is 181 g/mol. The van der Waals surface area contributed by atoms with Gasteiger partial charge in [-0.2, -0.15) is 0 Å². The summed E-state index contributed by atoms with van der Waals surface area (Å²) in [5.74, 6) is 0.266. The first kappa shape index (κ1) is 9.56. The van der Waals surface area contributed by atoms with Crippen molar-refractivity contribution in [2.45, 2.75) is 0 Å². The van der Waals surface area contributed by atoms with Crippen LogP contribution in [0.2, 0.25) is 0 Å². The average Bonchev–Trinajstić information content (AvgIpc) is 2.04. The normalized spacial score (nSPS) is 9.08. The number of benzene rings is 1. The van der Waals surface area contributed by atoms with Gasteiger partial charge < -0.3 is 20.0 Å². The third kappa shape index (κ3) is 3.14. The van der Waals surface area contributed by atoms with Gasteiger partial charge in [-0.1, -0.05) is 6.07 Å². The third-order valence-electron chi connectivity index (χ3n) is 1.30. The van der Waals surface area contributed by atoms with Gasteiger partial charge in [0.05, 0.1) is 0 Å². The molecule has 0 spiro atoms. The van der Waals surface area contributed by atoms with Crippen LogP contribution in [0, 0.1) is 0 Å². The number of rotatable bonds is 4. The fourth-order valence-electron chi connectivity index (χ4n) is 0.849. The van der Waals surface area contributed by atoms with Gasteiger partial charge in [0.2, 0.25) is 6.41 Å². The molecule has 0 bridgehead atoms. The van der Waals surface area contributed by atoms with Crippen molar-refractivity contribution in [3.63, 3.8) is 0 Å². The summed E-state index contributed by atoms with van der Waals surface area (Å²) < 4.78 is 4.56. The molecule has 0 unspecified atom stereocenters. The van der Waals surface area contributed by atoms with Crippen molar-refractivity contribution in [3.05, 3.63) is 24.3 Å².